The van der Waals surface area contributed by atoms with E-state index in [0.717, 1.165) is 17.9 Å². The fourth-order valence-corrected chi connectivity index (χ4v) is 1.92. The first-order chi connectivity index (χ1) is 6.85. The molecule has 1 nitrogen and oxygen atoms in total. The molecule has 2 rings (SSSR count). The van der Waals surface area contributed by atoms with Gasteiger partial charge in [0.2, 0.25) is 0 Å². The molecular weight excluding hydrogens is 170 g/mol. The van der Waals surface area contributed by atoms with E-state index in [1.807, 2.05) is 12.1 Å². The molecular formula is C13H14N. The summed E-state index contributed by atoms with van der Waals surface area (Å²) >= 11 is 0. The molecule has 0 aliphatic heterocycles. The average molecular weight is 184 g/mol. The van der Waals surface area contributed by atoms with Crippen LogP contribution in [-0.4, -0.2) is 0 Å². The Morgan fingerprint density at radius 2 is 2.00 bits per heavy atom. The summed E-state index contributed by atoms with van der Waals surface area (Å²) in [5, 5.41) is 8.69. The zero-order valence-corrected chi connectivity index (χ0v) is 8.46. The predicted octanol–water partition coefficient (Wildman–Crippen LogP) is 3.30. The lowest BCUT2D eigenvalue weighted by Crippen LogP contribution is -2.00. The lowest BCUT2D eigenvalue weighted by molar-refractivity contribution is 0.789. The Morgan fingerprint density at radius 1 is 1.36 bits per heavy atom. The summed E-state index contributed by atoms with van der Waals surface area (Å²) in [5.74, 6) is 2.39. The second-order valence-corrected chi connectivity index (χ2v) is 3.84. The first-order valence-corrected chi connectivity index (χ1v) is 5.21. The van der Waals surface area contributed by atoms with Gasteiger partial charge in [-0.2, -0.15) is 5.26 Å². The predicted molar refractivity (Wildman–Crippen MR) is 56.5 cm³/mol. The van der Waals surface area contributed by atoms with Crippen molar-refractivity contribution >= 4 is 0 Å². The third-order valence-corrected chi connectivity index (χ3v) is 2.84. The van der Waals surface area contributed by atoms with Crippen molar-refractivity contribution < 1.29 is 0 Å². The van der Waals surface area contributed by atoms with Crippen LogP contribution in [0.5, 0.6) is 0 Å². The van der Waals surface area contributed by atoms with Crippen molar-refractivity contribution in [2.75, 3.05) is 0 Å². The van der Waals surface area contributed by atoms with Gasteiger partial charge in [0.15, 0.2) is 0 Å². The Hall–Kier alpha value is -1.29. The molecule has 0 amide bonds. The van der Waals surface area contributed by atoms with Crippen LogP contribution in [0.4, 0.5) is 0 Å². The van der Waals surface area contributed by atoms with E-state index in [4.69, 9.17) is 5.26 Å². The zero-order valence-electron chi connectivity index (χ0n) is 8.46. The molecule has 1 fully saturated rings. The minimum absolute atomic E-state index is 0.750. The fourth-order valence-electron chi connectivity index (χ4n) is 1.92. The van der Waals surface area contributed by atoms with Crippen molar-refractivity contribution in [1.29, 1.82) is 5.26 Å². The van der Waals surface area contributed by atoms with Gasteiger partial charge in [0.1, 0.15) is 0 Å². The van der Waals surface area contributed by atoms with Gasteiger partial charge >= 0.3 is 0 Å². The Labute approximate surface area is 85.4 Å². The Balaban J connectivity index is 2.18. The van der Waals surface area contributed by atoms with Gasteiger partial charge in [0.05, 0.1) is 11.6 Å². The largest absolute Gasteiger partial charge is 0.192 e. The van der Waals surface area contributed by atoms with Crippen molar-refractivity contribution in [3.8, 4) is 6.07 Å². The SMILES string of the molecule is CC[C](c1ccc(C#N)cc1)C1CC1. The average Bonchev–Trinajstić information content (AvgIpc) is 3.04. The fraction of sp³-hybridized carbons (Fsp3) is 0.385. The van der Waals surface area contributed by atoms with Crippen LogP contribution < -0.4 is 0 Å². The van der Waals surface area contributed by atoms with Crippen LogP contribution in [0.1, 0.15) is 37.3 Å². The van der Waals surface area contributed by atoms with Gasteiger partial charge in [-0.25, -0.2) is 0 Å². The summed E-state index contributed by atoms with van der Waals surface area (Å²) in [7, 11) is 0. The lowest BCUT2D eigenvalue weighted by atomic mass is 9.91. The van der Waals surface area contributed by atoms with Crippen molar-refractivity contribution in [3.63, 3.8) is 0 Å². The van der Waals surface area contributed by atoms with E-state index in [-0.39, 0.29) is 0 Å². The number of benzene rings is 1. The van der Waals surface area contributed by atoms with Crippen LogP contribution in [0.3, 0.4) is 0 Å². The molecule has 1 aliphatic carbocycles. The topological polar surface area (TPSA) is 23.8 Å². The van der Waals surface area contributed by atoms with E-state index >= 15 is 0 Å². The quantitative estimate of drug-likeness (QED) is 0.707. The monoisotopic (exact) mass is 184 g/mol. The molecule has 0 spiro atoms. The summed E-state index contributed by atoms with van der Waals surface area (Å²) in [6.45, 7) is 2.21. The molecule has 0 N–H and O–H groups in total. The van der Waals surface area contributed by atoms with Gasteiger partial charge in [-0.15, -0.1) is 0 Å². The van der Waals surface area contributed by atoms with Gasteiger partial charge in [0, 0.05) is 5.92 Å². The minimum Gasteiger partial charge on any atom is -0.192 e. The van der Waals surface area contributed by atoms with Gasteiger partial charge < -0.3 is 0 Å². The standard InChI is InChI=1S/C13H14N/c1-2-13(12-7-8-12)11-5-3-10(9-14)4-6-11/h3-6,12H,2,7-8H2,1H3. The summed E-state index contributed by atoms with van der Waals surface area (Å²) in [6, 6.07) is 10.1. The van der Waals surface area contributed by atoms with Crippen LogP contribution >= 0.6 is 0 Å². The van der Waals surface area contributed by atoms with Gasteiger partial charge in [-0.05, 0) is 42.9 Å². The van der Waals surface area contributed by atoms with Crippen LogP contribution in [0.25, 0.3) is 0 Å². The van der Waals surface area contributed by atoms with E-state index < -0.39 is 0 Å². The summed E-state index contributed by atoms with van der Waals surface area (Å²) in [6.07, 6.45) is 3.84. The highest BCUT2D eigenvalue weighted by molar-refractivity contribution is 5.39. The van der Waals surface area contributed by atoms with Gasteiger partial charge in [0.25, 0.3) is 0 Å². The molecule has 1 aromatic carbocycles. The van der Waals surface area contributed by atoms with Crippen molar-refractivity contribution in [1.82, 2.24) is 0 Å². The molecule has 1 radical (unpaired) electrons. The minimum atomic E-state index is 0.750. The maximum Gasteiger partial charge on any atom is 0.0991 e. The first kappa shape index (κ1) is 9.27. The molecule has 0 aromatic heterocycles. The summed E-state index contributed by atoms with van der Waals surface area (Å²) in [5.41, 5.74) is 2.08. The normalized spacial score (nSPS) is 15.5. The molecule has 14 heavy (non-hydrogen) atoms. The smallest absolute Gasteiger partial charge is 0.0991 e. The van der Waals surface area contributed by atoms with Crippen LogP contribution in [-0.2, 0) is 0 Å². The maximum atomic E-state index is 8.69. The van der Waals surface area contributed by atoms with Crippen LogP contribution in [0.15, 0.2) is 24.3 Å². The molecule has 0 atom stereocenters. The van der Waals surface area contributed by atoms with E-state index in [0.29, 0.717) is 0 Å². The Morgan fingerprint density at radius 3 is 2.43 bits per heavy atom. The lowest BCUT2D eigenvalue weighted by Gasteiger charge is -2.12. The number of hydrogen-bond donors (Lipinski definition) is 0. The molecule has 1 saturated carbocycles. The Bertz CT molecular complexity index is 340. The molecule has 71 valence electrons. The summed E-state index contributed by atoms with van der Waals surface area (Å²) in [4.78, 5) is 0. The van der Waals surface area contributed by atoms with E-state index in [9.17, 15) is 0 Å². The van der Waals surface area contributed by atoms with Crippen LogP contribution in [0.2, 0.25) is 0 Å². The molecule has 0 heterocycles. The number of hydrogen-bond acceptors (Lipinski definition) is 1. The highest BCUT2D eigenvalue weighted by Crippen LogP contribution is 2.43. The molecule has 1 heteroatoms. The zero-order chi connectivity index (χ0) is 9.97. The molecule has 1 aliphatic rings. The highest BCUT2D eigenvalue weighted by Gasteiger charge is 2.31. The van der Waals surface area contributed by atoms with Crippen molar-refractivity contribution in [2.24, 2.45) is 5.92 Å². The first-order valence-electron chi connectivity index (χ1n) is 5.21. The van der Waals surface area contributed by atoms with E-state index in [2.05, 4.69) is 25.1 Å². The van der Waals surface area contributed by atoms with E-state index in [1.165, 1.54) is 18.4 Å². The molecule has 1 aromatic rings. The number of nitrogens with zero attached hydrogens (tertiary/aromatic N) is 1. The van der Waals surface area contributed by atoms with Gasteiger partial charge in [-0.1, -0.05) is 19.1 Å². The second-order valence-electron chi connectivity index (χ2n) is 3.84. The number of rotatable bonds is 3. The van der Waals surface area contributed by atoms with Gasteiger partial charge in [-0.3, -0.25) is 0 Å². The second kappa shape index (κ2) is 3.84. The third kappa shape index (κ3) is 1.80. The highest BCUT2D eigenvalue weighted by atomic mass is 14.4. The summed E-state index contributed by atoms with van der Waals surface area (Å²) < 4.78 is 0. The molecule has 0 saturated heterocycles. The number of nitriles is 1. The maximum absolute atomic E-state index is 8.69. The Kier molecular flexibility index (Phi) is 2.54. The molecule has 0 unspecified atom stereocenters. The van der Waals surface area contributed by atoms with Crippen molar-refractivity contribution in [3.05, 3.63) is 41.3 Å². The third-order valence-electron chi connectivity index (χ3n) is 2.84. The molecule has 0 bridgehead atoms. The van der Waals surface area contributed by atoms with Crippen LogP contribution in [0, 0.1) is 23.2 Å². The van der Waals surface area contributed by atoms with E-state index in [1.54, 1.807) is 5.92 Å². The van der Waals surface area contributed by atoms with Crippen molar-refractivity contribution in [2.45, 2.75) is 26.2 Å².